The first kappa shape index (κ1) is 18.2. The highest BCUT2D eigenvalue weighted by Crippen LogP contribution is 2.05. The van der Waals surface area contributed by atoms with Crippen molar-refractivity contribution in [1.29, 1.82) is 0 Å². The van der Waals surface area contributed by atoms with Crippen molar-refractivity contribution in [2.24, 2.45) is 0 Å². The first-order valence-electron chi connectivity index (χ1n) is 7.40. The fraction of sp³-hybridized carbons (Fsp3) is 0. The summed E-state index contributed by atoms with van der Waals surface area (Å²) in [6.45, 7) is 0. The van der Waals surface area contributed by atoms with Crippen LogP contribution in [-0.4, -0.2) is 11.9 Å². The van der Waals surface area contributed by atoms with E-state index in [9.17, 15) is 9.59 Å². The van der Waals surface area contributed by atoms with Crippen molar-refractivity contribution in [2.75, 3.05) is 0 Å². The number of carbonyl (C=O) groups excluding carboxylic acids is 2. The molecule has 3 rings (SSSR count). The van der Waals surface area contributed by atoms with Gasteiger partial charge in [0, 0.05) is 5.02 Å². The van der Waals surface area contributed by atoms with E-state index in [0.29, 0.717) is 11.1 Å². The van der Waals surface area contributed by atoms with Crippen LogP contribution in [0.5, 0.6) is 0 Å². The summed E-state index contributed by atoms with van der Waals surface area (Å²) in [6.07, 6.45) is 0. The molecule has 0 radical (unpaired) electrons. The van der Waals surface area contributed by atoms with Crippen LogP contribution in [0.2, 0.25) is 5.02 Å². The van der Waals surface area contributed by atoms with Gasteiger partial charge in [-0.2, -0.15) is 0 Å². The zero-order valence-corrected chi connectivity index (χ0v) is 13.9. The molecule has 0 unspecified atom stereocenters. The quantitative estimate of drug-likeness (QED) is 0.482. The number of rotatable bonds is 2. The van der Waals surface area contributed by atoms with Crippen molar-refractivity contribution >= 4 is 23.5 Å². The lowest BCUT2D eigenvalue weighted by molar-refractivity contribution is -0.187. The first-order chi connectivity index (χ1) is 12.2. The third-order valence-electron chi connectivity index (χ3n) is 2.95. The number of carbonyl (C=O) groups is 2. The second-order valence-electron chi connectivity index (χ2n) is 4.77. The third kappa shape index (κ3) is 6.49. The van der Waals surface area contributed by atoms with E-state index in [-0.39, 0.29) is 0 Å². The monoisotopic (exact) mass is 354 g/mol. The van der Waals surface area contributed by atoms with Gasteiger partial charge >= 0.3 is 11.9 Å². The molecule has 0 saturated heterocycles. The van der Waals surface area contributed by atoms with E-state index in [4.69, 9.17) is 11.6 Å². The lowest BCUT2D eigenvalue weighted by Gasteiger charge is -2.02. The van der Waals surface area contributed by atoms with E-state index in [2.05, 4.69) is 9.78 Å². The van der Waals surface area contributed by atoms with E-state index in [1.165, 1.54) is 0 Å². The molecule has 126 valence electrons. The van der Waals surface area contributed by atoms with Crippen LogP contribution in [0.15, 0.2) is 91.0 Å². The van der Waals surface area contributed by atoms with Crippen molar-refractivity contribution in [3.8, 4) is 0 Å². The van der Waals surface area contributed by atoms with Crippen LogP contribution in [0, 0.1) is 0 Å². The Kier molecular flexibility index (Phi) is 7.22. The van der Waals surface area contributed by atoms with E-state index >= 15 is 0 Å². The van der Waals surface area contributed by atoms with Crippen LogP contribution >= 0.6 is 11.6 Å². The van der Waals surface area contributed by atoms with Gasteiger partial charge in [0.05, 0.1) is 11.1 Å². The van der Waals surface area contributed by atoms with E-state index in [0.717, 1.165) is 5.02 Å². The van der Waals surface area contributed by atoms with Gasteiger partial charge in [-0.1, -0.05) is 66.2 Å². The highest BCUT2D eigenvalue weighted by Gasteiger charge is 2.12. The topological polar surface area (TPSA) is 52.6 Å². The molecule has 0 saturated carbocycles. The molecule has 0 spiro atoms. The van der Waals surface area contributed by atoms with Crippen LogP contribution in [0.25, 0.3) is 0 Å². The van der Waals surface area contributed by atoms with Gasteiger partial charge < -0.3 is 0 Å². The van der Waals surface area contributed by atoms with Gasteiger partial charge in [-0.3, -0.25) is 0 Å². The number of hydrogen-bond donors (Lipinski definition) is 0. The van der Waals surface area contributed by atoms with Gasteiger partial charge in [-0.05, 0) is 36.4 Å². The van der Waals surface area contributed by atoms with Crippen LogP contribution in [0.4, 0.5) is 0 Å². The fourth-order valence-corrected chi connectivity index (χ4v) is 1.88. The molecule has 0 aliphatic carbocycles. The zero-order chi connectivity index (χ0) is 17.9. The van der Waals surface area contributed by atoms with Crippen molar-refractivity contribution in [2.45, 2.75) is 0 Å². The standard InChI is InChI=1S/C14H10O4.C6H5Cl/c15-13(11-7-3-1-4-8-11)17-18-14(16)12-9-5-2-6-10-12;7-6-4-2-1-3-5-6/h1-10H;1-5H. The van der Waals surface area contributed by atoms with Crippen LogP contribution in [0.3, 0.4) is 0 Å². The van der Waals surface area contributed by atoms with Crippen LogP contribution < -0.4 is 0 Å². The van der Waals surface area contributed by atoms with Gasteiger partial charge in [-0.15, -0.1) is 0 Å². The summed E-state index contributed by atoms with van der Waals surface area (Å²) in [5.41, 5.74) is 0.636. The Labute approximate surface area is 150 Å². The van der Waals surface area contributed by atoms with Gasteiger partial charge in [0.1, 0.15) is 0 Å². The minimum Gasteiger partial charge on any atom is -0.242 e. The third-order valence-corrected chi connectivity index (χ3v) is 3.20. The molecule has 0 amide bonds. The maximum Gasteiger partial charge on any atom is 0.386 e. The fourth-order valence-electron chi connectivity index (χ4n) is 1.74. The Hall–Kier alpha value is -3.11. The van der Waals surface area contributed by atoms with E-state index < -0.39 is 11.9 Å². The zero-order valence-electron chi connectivity index (χ0n) is 13.2. The van der Waals surface area contributed by atoms with Crippen LogP contribution in [-0.2, 0) is 9.78 Å². The second kappa shape index (κ2) is 9.90. The summed E-state index contributed by atoms with van der Waals surface area (Å²) < 4.78 is 0. The number of hydrogen-bond acceptors (Lipinski definition) is 4. The Morgan fingerprint density at radius 1 is 0.560 bits per heavy atom. The molecule has 3 aromatic rings. The molecular formula is C20H15ClO4. The smallest absolute Gasteiger partial charge is 0.242 e. The SMILES string of the molecule is Clc1ccccc1.O=C(OOC(=O)c1ccccc1)c1ccccc1. The lowest BCUT2D eigenvalue weighted by atomic mass is 10.2. The predicted molar refractivity (Wildman–Crippen MR) is 95.2 cm³/mol. The maximum atomic E-state index is 11.5. The average molecular weight is 355 g/mol. The lowest BCUT2D eigenvalue weighted by Crippen LogP contribution is -2.11. The molecule has 0 aromatic heterocycles. The summed E-state index contributed by atoms with van der Waals surface area (Å²) in [5, 5.41) is 0.794. The summed E-state index contributed by atoms with van der Waals surface area (Å²) in [4.78, 5) is 31.9. The molecule has 4 nitrogen and oxygen atoms in total. The predicted octanol–water partition coefficient (Wildman–Crippen LogP) is 4.96. The first-order valence-corrected chi connectivity index (χ1v) is 7.78. The van der Waals surface area contributed by atoms with Crippen molar-refractivity contribution in [3.63, 3.8) is 0 Å². The molecule has 0 heterocycles. The van der Waals surface area contributed by atoms with Gasteiger partial charge in [0.2, 0.25) is 0 Å². The molecule has 0 atom stereocenters. The minimum atomic E-state index is -0.708. The molecule has 0 fully saturated rings. The van der Waals surface area contributed by atoms with E-state index in [1.54, 1.807) is 60.7 Å². The maximum absolute atomic E-state index is 11.5. The highest BCUT2D eigenvalue weighted by molar-refractivity contribution is 6.30. The summed E-state index contributed by atoms with van der Waals surface area (Å²) in [6, 6.07) is 26.0. The molecule has 0 aliphatic heterocycles. The normalized spacial score (nSPS) is 9.32. The van der Waals surface area contributed by atoms with Gasteiger partial charge in [0.25, 0.3) is 0 Å². The Morgan fingerprint density at radius 3 is 1.16 bits per heavy atom. The molecule has 0 bridgehead atoms. The summed E-state index contributed by atoms with van der Waals surface area (Å²) >= 11 is 5.54. The Bertz CT molecular complexity index is 738. The molecule has 0 aliphatic rings. The van der Waals surface area contributed by atoms with Crippen molar-refractivity contribution in [3.05, 3.63) is 107 Å². The highest BCUT2D eigenvalue weighted by atomic mass is 35.5. The van der Waals surface area contributed by atoms with E-state index in [1.807, 2.05) is 30.3 Å². The summed E-state index contributed by atoms with van der Waals surface area (Å²) in [5.74, 6) is -1.42. The molecule has 0 N–H and O–H groups in total. The van der Waals surface area contributed by atoms with Gasteiger partial charge in [-0.25, -0.2) is 19.4 Å². The van der Waals surface area contributed by atoms with Crippen LogP contribution in [0.1, 0.15) is 20.7 Å². The number of halogens is 1. The minimum absolute atomic E-state index is 0.318. The average Bonchev–Trinajstić information content (AvgIpc) is 2.68. The molecular weight excluding hydrogens is 340 g/mol. The molecule has 5 heteroatoms. The Morgan fingerprint density at radius 2 is 0.880 bits per heavy atom. The molecule has 3 aromatic carbocycles. The Balaban J connectivity index is 0.000000269. The largest absolute Gasteiger partial charge is 0.386 e. The van der Waals surface area contributed by atoms with Gasteiger partial charge in [0.15, 0.2) is 0 Å². The van der Waals surface area contributed by atoms with Crippen molar-refractivity contribution < 1.29 is 19.4 Å². The van der Waals surface area contributed by atoms with Crippen molar-refractivity contribution in [1.82, 2.24) is 0 Å². The number of benzene rings is 3. The molecule has 25 heavy (non-hydrogen) atoms. The summed E-state index contributed by atoms with van der Waals surface area (Å²) in [7, 11) is 0. The second-order valence-corrected chi connectivity index (χ2v) is 5.21.